The highest BCUT2D eigenvalue weighted by Crippen LogP contribution is 2.20. The topological polar surface area (TPSA) is 57.5 Å². The van der Waals surface area contributed by atoms with Gasteiger partial charge in [0.2, 0.25) is 0 Å². The van der Waals surface area contributed by atoms with E-state index in [2.05, 4.69) is 0 Å². The number of para-hydroxylation sites is 1. The van der Waals surface area contributed by atoms with Gasteiger partial charge in [0.25, 0.3) is 0 Å². The molecule has 0 aromatic heterocycles. The molecule has 0 aliphatic carbocycles. The van der Waals surface area contributed by atoms with Crippen molar-refractivity contribution in [2.45, 2.75) is 26.2 Å². The normalized spacial score (nSPS) is 12.3. The number of phenolic OH excluding ortho intramolecular Hbond substituents is 1. The molecule has 0 radical (unpaired) electrons. The summed E-state index contributed by atoms with van der Waals surface area (Å²) in [7, 11) is 0. The fourth-order valence-electron chi connectivity index (χ4n) is 1.55. The molecule has 0 aliphatic rings. The van der Waals surface area contributed by atoms with E-state index >= 15 is 0 Å². The van der Waals surface area contributed by atoms with E-state index in [9.17, 15) is 9.90 Å². The zero-order valence-corrected chi connectivity index (χ0v) is 8.81. The van der Waals surface area contributed by atoms with Crippen molar-refractivity contribution in [3.63, 3.8) is 0 Å². The summed E-state index contributed by atoms with van der Waals surface area (Å²) >= 11 is 0. The first kappa shape index (κ1) is 11.6. The van der Waals surface area contributed by atoms with Crippen molar-refractivity contribution in [1.29, 1.82) is 0 Å². The highest BCUT2D eigenvalue weighted by molar-refractivity contribution is 5.69. The molecule has 1 aromatic carbocycles. The lowest BCUT2D eigenvalue weighted by atomic mass is 9.97. The molecule has 1 rings (SSSR count). The van der Waals surface area contributed by atoms with Gasteiger partial charge in [0, 0.05) is 0 Å². The minimum atomic E-state index is -0.757. The van der Waals surface area contributed by atoms with E-state index in [0.717, 1.165) is 5.56 Å². The van der Waals surface area contributed by atoms with Gasteiger partial charge in [-0.2, -0.15) is 0 Å². The van der Waals surface area contributed by atoms with Gasteiger partial charge in [0.1, 0.15) is 5.75 Å². The number of benzene rings is 1. The van der Waals surface area contributed by atoms with Crippen molar-refractivity contribution < 1.29 is 15.0 Å². The Balaban J connectivity index is 2.56. The summed E-state index contributed by atoms with van der Waals surface area (Å²) in [6.07, 6.45) is 1.81. The van der Waals surface area contributed by atoms with Crippen molar-refractivity contribution in [2.24, 2.45) is 5.92 Å². The van der Waals surface area contributed by atoms with Crippen LogP contribution in [0.15, 0.2) is 24.3 Å². The number of carboxylic acids is 1. The molecule has 0 amide bonds. The van der Waals surface area contributed by atoms with Crippen LogP contribution in [0, 0.1) is 5.92 Å². The van der Waals surface area contributed by atoms with Gasteiger partial charge in [-0.25, -0.2) is 0 Å². The minimum Gasteiger partial charge on any atom is -0.508 e. The SMILES string of the molecule is CCC(CCc1ccccc1O)C(=O)O. The second kappa shape index (κ2) is 5.39. The molecule has 1 atom stereocenters. The number of aromatic hydroxyl groups is 1. The highest BCUT2D eigenvalue weighted by Gasteiger charge is 2.15. The fourth-order valence-corrected chi connectivity index (χ4v) is 1.55. The monoisotopic (exact) mass is 208 g/mol. The second-order valence-corrected chi connectivity index (χ2v) is 3.61. The van der Waals surface area contributed by atoms with Gasteiger partial charge in [0.15, 0.2) is 0 Å². The summed E-state index contributed by atoms with van der Waals surface area (Å²) in [6.45, 7) is 1.86. The molecule has 0 spiro atoms. The van der Waals surface area contributed by atoms with Crippen LogP contribution in [0.3, 0.4) is 0 Å². The van der Waals surface area contributed by atoms with E-state index in [0.29, 0.717) is 19.3 Å². The molecule has 0 saturated heterocycles. The van der Waals surface area contributed by atoms with Crippen LogP contribution in [0.4, 0.5) is 0 Å². The zero-order valence-electron chi connectivity index (χ0n) is 8.81. The molecule has 1 aromatic rings. The van der Waals surface area contributed by atoms with E-state index in [1.54, 1.807) is 12.1 Å². The van der Waals surface area contributed by atoms with Crippen LogP contribution in [-0.2, 0) is 11.2 Å². The van der Waals surface area contributed by atoms with Crippen molar-refractivity contribution in [3.05, 3.63) is 29.8 Å². The average molecular weight is 208 g/mol. The number of phenols is 1. The molecule has 0 heterocycles. The van der Waals surface area contributed by atoms with E-state index < -0.39 is 5.97 Å². The Labute approximate surface area is 89.4 Å². The number of carbonyl (C=O) groups is 1. The van der Waals surface area contributed by atoms with E-state index in [1.165, 1.54) is 0 Å². The quantitative estimate of drug-likeness (QED) is 0.781. The Morgan fingerprint density at radius 2 is 2.07 bits per heavy atom. The first-order chi connectivity index (χ1) is 7.15. The maximum atomic E-state index is 10.8. The molecule has 0 fully saturated rings. The lowest BCUT2D eigenvalue weighted by molar-refractivity contribution is -0.142. The molecule has 2 N–H and O–H groups in total. The molecular formula is C12H16O3. The molecule has 0 aliphatic heterocycles. The third-order valence-electron chi connectivity index (χ3n) is 2.60. The molecule has 0 saturated carbocycles. The number of carboxylic acid groups (broad SMARTS) is 1. The van der Waals surface area contributed by atoms with Gasteiger partial charge >= 0.3 is 5.97 Å². The number of hydrogen-bond acceptors (Lipinski definition) is 2. The van der Waals surface area contributed by atoms with Crippen molar-refractivity contribution in [3.8, 4) is 5.75 Å². The average Bonchev–Trinajstić information content (AvgIpc) is 2.21. The van der Waals surface area contributed by atoms with Crippen molar-refractivity contribution in [2.75, 3.05) is 0 Å². The number of aliphatic carboxylic acids is 1. The molecule has 82 valence electrons. The van der Waals surface area contributed by atoms with Crippen LogP contribution in [0.5, 0.6) is 5.75 Å². The number of aryl methyl sites for hydroxylation is 1. The second-order valence-electron chi connectivity index (χ2n) is 3.61. The maximum Gasteiger partial charge on any atom is 0.306 e. The summed E-state index contributed by atoms with van der Waals surface area (Å²) in [5.74, 6) is -0.824. The van der Waals surface area contributed by atoms with Crippen LogP contribution in [-0.4, -0.2) is 16.2 Å². The largest absolute Gasteiger partial charge is 0.508 e. The Morgan fingerprint density at radius 3 is 2.60 bits per heavy atom. The lowest BCUT2D eigenvalue weighted by Crippen LogP contribution is -2.13. The lowest BCUT2D eigenvalue weighted by Gasteiger charge is -2.09. The van der Waals surface area contributed by atoms with Gasteiger partial charge < -0.3 is 10.2 Å². The Hall–Kier alpha value is -1.51. The Bertz CT molecular complexity index is 333. The van der Waals surface area contributed by atoms with Gasteiger partial charge in [-0.1, -0.05) is 25.1 Å². The smallest absolute Gasteiger partial charge is 0.306 e. The first-order valence-electron chi connectivity index (χ1n) is 5.14. The predicted octanol–water partition coefficient (Wildman–Crippen LogP) is 2.44. The van der Waals surface area contributed by atoms with Gasteiger partial charge in [-0.05, 0) is 30.9 Å². The molecule has 1 unspecified atom stereocenters. The Kier molecular flexibility index (Phi) is 4.16. The zero-order chi connectivity index (χ0) is 11.3. The van der Waals surface area contributed by atoms with Crippen molar-refractivity contribution >= 4 is 5.97 Å². The molecule has 15 heavy (non-hydrogen) atoms. The van der Waals surface area contributed by atoms with E-state index in [4.69, 9.17) is 5.11 Å². The van der Waals surface area contributed by atoms with Crippen LogP contribution in [0.2, 0.25) is 0 Å². The van der Waals surface area contributed by atoms with Crippen LogP contribution >= 0.6 is 0 Å². The number of hydrogen-bond donors (Lipinski definition) is 2. The number of rotatable bonds is 5. The van der Waals surface area contributed by atoms with Crippen LogP contribution in [0.1, 0.15) is 25.3 Å². The molecule has 0 bridgehead atoms. The standard InChI is InChI=1S/C12H16O3/c1-2-9(12(14)15)7-8-10-5-3-4-6-11(10)13/h3-6,9,13H,2,7-8H2,1H3,(H,14,15). The summed E-state index contributed by atoms with van der Waals surface area (Å²) in [6, 6.07) is 7.05. The summed E-state index contributed by atoms with van der Waals surface area (Å²) in [5.41, 5.74) is 0.817. The van der Waals surface area contributed by atoms with Crippen LogP contribution < -0.4 is 0 Å². The Morgan fingerprint density at radius 1 is 1.40 bits per heavy atom. The van der Waals surface area contributed by atoms with E-state index in [-0.39, 0.29) is 11.7 Å². The summed E-state index contributed by atoms with van der Waals surface area (Å²) < 4.78 is 0. The highest BCUT2D eigenvalue weighted by atomic mass is 16.4. The molecular weight excluding hydrogens is 192 g/mol. The predicted molar refractivity (Wildman–Crippen MR) is 57.8 cm³/mol. The van der Waals surface area contributed by atoms with Gasteiger partial charge in [0.05, 0.1) is 5.92 Å². The fraction of sp³-hybridized carbons (Fsp3) is 0.417. The van der Waals surface area contributed by atoms with Gasteiger partial charge in [-0.3, -0.25) is 4.79 Å². The maximum absolute atomic E-state index is 10.8. The molecule has 3 nitrogen and oxygen atoms in total. The molecule has 3 heteroatoms. The van der Waals surface area contributed by atoms with E-state index in [1.807, 2.05) is 19.1 Å². The summed E-state index contributed by atoms with van der Waals surface area (Å²) in [5, 5.41) is 18.3. The summed E-state index contributed by atoms with van der Waals surface area (Å²) in [4.78, 5) is 10.8. The first-order valence-corrected chi connectivity index (χ1v) is 5.14. The van der Waals surface area contributed by atoms with Crippen LogP contribution in [0.25, 0.3) is 0 Å². The minimum absolute atomic E-state index is 0.248. The third-order valence-corrected chi connectivity index (χ3v) is 2.60. The third kappa shape index (κ3) is 3.27. The van der Waals surface area contributed by atoms with Gasteiger partial charge in [-0.15, -0.1) is 0 Å². The van der Waals surface area contributed by atoms with Crippen molar-refractivity contribution in [1.82, 2.24) is 0 Å².